The Hall–Kier alpha value is -3.52. The van der Waals surface area contributed by atoms with E-state index in [9.17, 15) is 10.2 Å². The van der Waals surface area contributed by atoms with Crippen molar-refractivity contribution in [2.45, 2.75) is 57.7 Å². The number of rotatable bonds is 3. The molecule has 0 bridgehead atoms. The van der Waals surface area contributed by atoms with Crippen LogP contribution in [0.4, 0.5) is 0 Å². The molecule has 0 aliphatic carbocycles. The smallest absolute Gasteiger partial charge is 0.201 e. The van der Waals surface area contributed by atoms with Gasteiger partial charge in [0.05, 0.1) is 11.7 Å². The maximum Gasteiger partial charge on any atom is 0.201 e. The van der Waals surface area contributed by atoms with Gasteiger partial charge in [-0.05, 0) is 82.0 Å². The fourth-order valence-corrected chi connectivity index (χ4v) is 5.15. The van der Waals surface area contributed by atoms with E-state index >= 15 is 0 Å². The normalized spacial score (nSPS) is 17.9. The number of hydrogen-bond donors (Lipinski definition) is 3. The highest BCUT2D eigenvalue weighted by Crippen LogP contribution is 2.37. The zero-order valence-electron chi connectivity index (χ0n) is 19.2. The van der Waals surface area contributed by atoms with Crippen molar-refractivity contribution in [3.63, 3.8) is 0 Å². The van der Waals surface area contributed by atoms with Crippen molar-refractivity contribution in [2.75, 3.05) is 0 Å². The zero-order chi connectivity index (χ0) is 23.4. The molecular weight excluding hydrogens is 416 g/mol. The van der Waals surface area contributed by atoms with Crippen molar-refractivity contribution in [2.24, 2.45) is 0 Å². The van der Waals surface area contributed by atoms with E-state index in [4.69, 9.17) is 0 Å². The van der Waals surface area contributed by atoms with Crippen LogP contribution in [-0.4, -0.2) is 46.5 Å². The molecule has 4 aromatic rings. The Labute approximate surface area is 192 Å². The lowest BCUT2D eigenvalue weighted by Gasteiger charge is -2.46. The molecule has 0 saturated carbocycles. The molecule has 1 fully saturated rings. The minimum atomic E-state index is -0.0247. The Bertz CT molecular complexity index is 1310. The Morgan fingerprint density at radius 1 is 0.848 bits per heavy atom. The maximum absolute atomic E-state index is 10.7. The molecule has 33 heavy (non-hydrogen) atoms. The van der Waals surface area contributed by atoms with E-state index in [0.29, 0.717) is 22.4 Å². The third-order valence-corrected chi connectivity index (χ3v) is 6.21. The van der Waals surface area contributed by atoms with E-state index < -0.39 is 0 Å². The molecule has 2 aromatic carbocycles. The van der Waals surface area contributed by atoms with Gasteiger partial charge in [0.15, 0.2) is 0 Å². The highest BCUT2D eigenvalue weighted by Gasteiger charge is 2.39. The standard InChI is InChI=1S/C25H28N6O2/c1-24(2)13-17(14-25(3,4)29-24)31-23-21(27-30-31)12-20(26-28-23)19-10-7-16(11-22(19)33)15-5-8-18(32)9-6-15/h5-12,17,29,32-33H,13-14H2,1-4H3. The number of phenols is 2. The first kappa shape index (κ1) is 21.3. The molecule has 0 spiro atoms. The summed E-state index contributed by atoms with van der Waals surface area (Å²) in [6, 6.07) is 14.2. The van der Waals surface area contributed by atoms with Gasteiger partial charge in [-0.2, -0.15) is 0 Å². The van der Waals surface area contributed by atoms with Crippen LogP contribution in [0.5, 0.6) is 11.5 Å². The molecule has 0 amide bonds. The molecule has 0 radical (unpaired) electrons. The van der Waals surface area contributed by atoms with Crippen LogP contribution in [0, 0.1) is 0 Å². The third kappa shape index (κ3) is 4.14. The van der Waals surface area contributed by atoms with E-state index in [0.717, 1.165) is 24.0 Å². The number of nitrogens with zero attached hydrogens (tertiary/aromatic N) is 5. The van der Waals surface area contributed by atoms with Gasteiger partial charge in [0.25, 0.3) is 0 Å². The van der Waals surface area contributed by atoms with Gasteiger partial charge in [-0.1, -0.05) is 23.4 Å². The fraction of sp³-hybridized carbons (Fsp3) is 0.360. The maximum atomic E-state index is 10.7. The molecule has 3 heterocycles. The van der Waals surface area contributed by atoms with E-state index in [1.807, 2.05) is 22.9 Å². The van der Waals surface area contributed by atoms with Gasteiger partial charge in [-0.25, -0.2) is 4.68 Å². The van der Waals surface area contributed by atoms with Crippen LogP contribution in [0.15, 0.2) is 48.5 Å². The summed E-state index contributed by atoms with van der Waals surface area (Å²) in [5.41, 5.74) is 4.10. The minimum Gasteiger partial charge on any atom is -0.508 e. The minimum absolute atomic E-state index is 0.0247. The monoisotopic (exact) mass is 444 g/mol. The lowest BCUT2D eigenvalue weighted by Crippen LogP contribution is -2.58. The number of benzene rings is 2. The van der Waals surface area contributed by atoms with Crippen molar-refractivity contribution in [1.29, 1.82) is 0 Å². The van der Waals surface area contributed by atoms with Gasteiger partial charge in [0.2, 0.25) is 5.65 Å². The molecule has 1 saturated heterocycles. The lowest BCUT2D eigenvalue weighted by molar-refractivity contribution is 0.127. The second-order valence-electron chi connectivity index (χ2n) is 10.2. The van der Waals surface area contributed by atoms with Gasteiger partial charge in [-0.15, -0.1) is 15.3 Å². The largest absolute Gasteiger partial charge is 0.508 e. The Balaban J connectivity index is 1.47. The first-order chi connectivity index (χ1) is 15.6. The van der Waals surface area contributed by atoms with Crippen LogP contribution in [0.1, 0.15) is 46.6 Å². The van der Waals surface area contributed by atoms with Crippen molar-refractivity contribution >= 4 is 11.2 Å². The van der Waals surface area contributed by atoms with Gasteiger partial charge in [-0.3, -0.25) is 0 Å². The number of piperidine rings is 1. The number of nitrogens with one attached hydrogen (secondary N) is 1. The van der Waals surface area contributed by atoms with Crippen molar-refractivity contribution in [1.82, 2.24) is 30.5 Å². The molecule has 8 heteroatoms. The predicted molar refractivity (Wildman–Crippen MR) is 127 cm³/mol. The van der Waals surface area contributed by atoms with E-state index in [1.54, 1.807) is 30.3 Å². The molecule has 2 aromatic heterocycles. The van der Waals surface area contributed by atoms with E-state index in [1.165, 1.54) is 0 Å². The predicted octanol–water partition coefficient (Wildman–Crippen LogP) is 4.45. The highest BCUT2D eigenvalue weighted by atomic mass is 16.3. The van der Waals surface area contributed by atoms with Crippen molar-refractivity contribution in [3.8, 4) is 33.9 Å². The van der Waals surface area contributed by atoms with Crippen LogP contribution >= 0.6 is 0 Å². The summed E-state index contributed by atoms with van der Waals surface area (Å²) in [5, 5.41) is 41.5. The van der Waals surface area contributed by atoms with E-state index in [-0.39, 0.29) is 28.6 Å². The Morgan fingerprint density at radius 3 is 2.18 bits per heavy atom. The zero-order valence-corrected chi connectivity index (χ0v) is 19.2. The number of phenolic OH excluding ortho intramolecular Hbond substituents is 2. The van der Waals surface area contributed by atoms with Gasteiger partial charge < -0.3 is 15.5 Å². The summed E-state index contributed by atoms with van der Waals surface area (Å²) in [6.07, 6.45) is 1.83. The average Bonchev–Trinajstić information content (AvgIpc) is 3.15. The number of aromatic hydroxyl groups is 2. The third-order valence-electron chi connectivity index (χ3n) is 6.21. The van der Waals surface area contributed by atoms with Crippen LogP contribution in [0.2, 0.25) is 0 Å². The molecule has 170 valence electrons. The quantitative estimate of drug-likeness (QED) is 0.428. The highest BCUT2D eigenvalue weighted by molar-refractivity contribution is 5.79. The first-order valence-corrected chi connectivity index (χ1v) is 11.1. The van der Waals surface area contributed by atoms with Gasteiger partial charge in [0.1, 0.15) is 17.0 Å². The van der Waals surface area contributed by atoms with Crippen LogP contribution in [0.25, 0.3) is 33.5 Å². The summed E-state index contributed by atoms with van der Waals surface area (Å²) >= 11 is 0. The molecule has 0 unspecified atom stereocenters. The first-order valence-electron chi connectivity index (χ1n) is 11.1. The molecule has 0 atom stereocenters. The SMILES string of the molecule is CC1(C)CC(n2nnc3cc(-c4ccc(-c5ccc(O)cc5)cc4O)nnc32)CC(C)(C)N1. The summed E-state index contributed by atoms with van der Waals surface area (Å²) in [7, 11) is 0. The van der Waals surface area contributed by atoms with Crippen LogP contribution in [-0.2, 0) is 0 Å². The van der Waals surface area contributed by atoms with Crippen molar-refractivity contribution in [3.05, 3.63) is 48.5 Å². The van der Waals surface area contributed by atoms with Crippen molar-refractivity contribution < 1.29 is 10.2 Å². The summed E-state index contributed by atoms with van der Waals surface area (Å²) in [6.45, 7) is 8.81. The summed E-state index contributed by atoms with van der Waals surface area (Å²) in [5.74, 6) is 0.302. The van der Waals surface area contributed by atoms with Gasteiger partial charge >= 0.3 is 0 Å². The van der Waals surface area contributed by atoms with Gasteiger partial charge in [0, 0.05) is 16.6 Å². The Kier molecular flexibility index (Phi) is 4.86. The molecule has 5 rings (SSSR count). The summed E-state index contributed by atoms with van der Waals surface area (Å²) in [4.78, 5) is 0. The Morgan fingerprint density at radius 2 is 1.52 bits per heavy atom. The second-order valence-corrected chi connectivity index (χ2v) is 10.2. The molecule has 1 aliphatic heterocycles. The molecule has 8 nitrogen and oxygen atoms in total. The lowest BCUT2D eigenvalue weighted by atomic mass is 9.80. The summed E-state index contributed by atoms with van der Waals surface area (Å²) < 4.78 is 1.89. The molecule has 1 aliphatic rings. The van der Waals surface area contributed by atoms with Crippen LogP contribution < -0.4 is 5.32 Å². The topological polar surface area (TPSA) is 109 Å². The van der Waals surface area contributed by atoms with E-state index in [2.05, 4.69) is 53.5 Å². The fourth-order valence-electron chi connectivity index (χ4n) is 5.15. The molecular formula is C25H28N6O2. The average molecular weight is 445 g/mol. The van der Waals surface area contributed by atoms with Crippen LogP contribution in [0.3, 0.4) is 0 Å². The number of fused-ring (bicyclic) bond motifs is 1. The second kappa shape index (κ2) is 7.52. The molecule has 3 N–H and O–H groups in total. The number of aromatic nitrogens is 5. The number of hydrogen-bond acceptors (Lipinski definition) is 7.